The average Bonchev–Trinajstić information content (AvgIpc) is 3.29. The minimum Gasteiger partial charge on any atom is -0.370 e. The van der Waals surface area contributed by atoms with Gasteiger partial charge < -0.3 is 15.6 Å². The molecule has 0 unspecified atom stereocenters. The number of H-pyrrole nitrogens is 1. The Bertz CT molecular complexity index is 1020. The number of benzene rings is 1. The van der Waals surface area contributed by atoms with Crippen LogP contribution in [-0.2, 0) is 6.54 Å². The van der Waals surface area contributed by atoms with Crippen molar-refractivity contribution < 1.29 is 0 Å². The van der Waals surface area contributed by atoms with Crippen molar-refractivity contribution in [2.45, 2.75) is 13.0 Å². The lowest BCUT2D eigenvalue weighted by molar-refractivity contribution is 0.614. The van der Waals surface area contributed by atoms with Crippen LogP contribution in [0.5, 0.6) is 0 Å². The summed E-state index contributed by atoms with van der Waals surface area (Å²) in [7, 11) is 0. The van der Waals surface area contributed by atoms with Gasteiger partial charge in [0.2, 0.25) is 0 Å². The lowest BCUT2D eigenvalue weighted by Crippen LogP contribution is -2.18. The molecule has 1 saturated heterocycles. The van der Waals surface area contributed by atoms with E-state index in [2.05, 4.69) is 26.7 Å². The van der Waals surface area contributed by atoms with Crippen molar-refractivity contribution in [1.82, 2.24) is 19.9 Å². The second kappa shape index (κ2) is 7.02. The first-order chi connectivity index (χ1) is 12.7. The van der Waals surface area contributed by atoms with Gasteiger partial charge in [0.05, 0.1) is 35.4 Å². The highest BCUT2D eigenvalue weighted by molar-refractivity contribution is 5.77. The van der Waals surface area contributed by atoms with Gasteiger partial charge in [-0.15, -0.1) is 0 Å². The largest absolute Gasteiger partial charge is 0.370 e. The van der Waals surface area contributed by atoms with E-state index in [4.69, 9.17) is 0 Å². The summed E-state index contributed by atoms with van der Waals surface area (Å²) >= 11 is 0. The minimum atomic E-state index is -0.202. The summed E-state index contributed by atoms with van der Waals surface area (Å²) in [6.45, 7) is 3.29. The molecule has 0 saturated carbocycles. The lowest BCUT2D eigenvalue weighted by Gasteiger charge is -2.11. The Labute approximate surface area is 150 Å². The van der Waals surface area contributed by atoms with Gasteiger partial charge in [-0.25, -0.2) is 9.78 Å². The molecule has 4 rings (SSSR count). The fourth-order valence-electron chi connectivity index (χ4n) is 3.39. The summed E-state index contributed by atoms with van der Waals surface area (Å²) in [6, 6.07) is 11.4. The molecule has 0 radical (unpaired) electrons. The molecule has 7 heteroatoms. The van der Waals surface area contributed by atoms with Gasteiger partial charge in [-0.3, -0.25) is 4.57 Å². The van der Waals surface area contributed by atoms with Crippen molar-refractivity contribution in [2.75, 3.05) is 25.0 Å². The van der Waals surface area contributed by atoms with Crippen LogP contribution in [0.3, 0.4) is 0 Å². The molecule has 1 aliphatic rings. The fourth-order valence-corrected chi connectivity index (χ4v) is 3.39. The Morgan fingerprint density at radius 3 is 3.08 bits per heavy atom. The summed E-state index contributed by atoms with van der Waals surface area (Å²) in [5.74, 6) is 1.36. The van der Waals surface area contributed by atoms with Gasteiger partial charge in [-0.05, 0) is 37.1 Å². The molecule has 132 valence electrons. The van der Waals surface area contributed by atoms with E-state index in [0.29, 0.717) is 23.5 Å². The molecule has 0 spiro atoms. The first-order valence-electron chi connectivity index (χ1n) is 8.76. The maximum Gasteiger partial charge on any atom is 0.326 e. The Balaban J connectivity index is 1.63. The lowest BCUT2D eigenvalue weighted by atomic mass is 10.1. The van der Waals surface area contributed by atoms with Crippen molar-refractivity contribution >= 4 is 16.9 Å². The quantitative estimate of drug-likeness (QED) is 0.651. The average molecular weight is 348 g/mol. The van der Waals surface area contributed by atoms with Crippen LogP contribution in [0, 0.1) is 17.2 Å². The molecule has 3 N–H and O–H groups in total. The summed E-state index contributed by atoms with van der Waals surface area (Å²) < 4.78 is 1.65. The van der Waals surface area contributed by atoms with Crippen molar-refractivity contribution in [3.63, 3.8) is 0 Å². The fraction of sp³-hybridized carbons (Fsp3) is 0.316. The van der Waals surface area contributed by atoms with Crippen LogP contribution < -0.4 is 16.3 Å². The third-order valence-corrected chi connectivity index (χ3v) is 4.86. The van der Waals surface area contributed by atoms with Crippen LogP contribution in [-0.4, -0.2) is 34.2 Å². The number of fused-ring (bicyclic) bond motifs is 1. The predicted octanol–water partition coefficient (Wildman–Crippen LogP) is 1.67. The van der Waals surface area contributed by atoms with E-state index in [0.717, 1.165) is 43.0 Å². The number of anilines is 1. The van der Waals surface area contributed by atoms with Gasteiger partial charge in [-0.1, -0.05) is 18.2 Å². The molecule has 1 atom stereocenters. The maximum atomic E-state index is 12.4. The van der Waals surface area contributed by atoms with E-state index >= 15 is 0 Å². The number of hydrogen-bond acceptors (Lipinski definition) is 5. The Kier molecular flexibility index (Phi) is 4.42. The smallest absolute Gasteiger partial charge is 0.326 e. The number of pyridine rings is 1. The zero-order valence-corrected chi connectivity index (χ0v) is 14.3. The highest BCUT2D eigenvalue weighted by atomic mass is 16.1. The summed E-state index contributed by atoms with van der Waals surface area (Å²) in [6.07, 6.45) is 2.84. The highest BCUT2D eigenvalue weighted by Crippen LogP contribution is 2.17. The molecule has 7 nitrogen and oxygen atoms in total. The number of hydrogen-bond donors (Lipinski definition) is 3. The second-order valence-electron chi connectivity index (χ2n) is 6.61. The predicted molar refractivity (Wildman–Crippen MR) is 100 cm³/mol. The molecule has 26 heavy (non-hydrogen) atoms. The second-order valence-corrected chi connectivity index (χ2v) is 6.61. The topological polar surface area (TPSA) is 98.5 Å². The molecule has 2 aromatic heterocycles. The van der Waals surface area contributed by atoms with Crippen molar-refractivity contribution in [1.29, 1.82) is 5.26 Å². The van der Waals surface area contributed by atoms with E-state index in [-0.39, 0.29) is 5.69 Å². The first-order valence-corrected chi connectivity index (χ1v) is 8.76. The number of aromatic nitrogens is 3. The van der Waals surface area contributed by atoms with Crippen LogP contribution in [0.4, 0.5) is 5.82 Å². The van der Waals surface area contributed by atoms with Crippen LogP contribution in [0.1, 0.15) is 17.5 Å². The van der Waals surface area contributed by atoms with Crippen molar-refractivity contribution in [3.8, 4) is 6.07 Å². The molecule has 0 aliphatic carbocycles. The van der Waals surface area contributed by atoms with Gasteiger partial charge in [-0.2, -0.15) is 5.26 Å². The molecule has 1 aromatic carbocycles. The van der Waals surface area contributed by atoms with E-state index < -0.39 is 0 Å². The monoisotopic (exact) mass is 348 g/mol. The first kappa shape index (κ1) is 16.4. The van der Waals surface area contributed by atoms with Crippen LogP contribution in [0.25, 0.3) is 11.0 Å². The van der Waals surface area contributed by atoms with Gasteiger partial charge in [0.15, 0.2) is 0 Å². The molecular weight excluding hydrogens is 328 g/mol. The van der Waals surface area contributed by atoms with Crippen LogP contribution >= 0.6 is 0 Å². The minimum absolute atomic E-state index is 0.202. The Morgan fingerprint density at radius 1 is 1.38 bits per heavy atom. The molecule has 0 bridgehead atoms. The van der Waals surface area contributed by atoms with Gasteiger partial charge >= 0.3 is 5.69 Å². The van der Waals surface area contributed by atoms with E-state index in [1.807, 2.05) is 24.3 Å². The van der Waals surface area contributed by atoms with Gasteiger partial charge in [0.1, 0.15) is 5.82 Å². The number of nitrogens with one attached hydrogen (secondary N) is 3. The van der Waals surface area contributed by atoms with E-state index in [9.17, 15) is 10.1 Å². The normalized spacial score (nSPS) is 16.7. The Hall–Kier alpha value is -3.11. The van der Waals surface area contributed by atoms with Gasteiger partial charge in [0, 0.05) is 12.6 Å². The summed E-state index contributed by atoms with van der Waals surface area (Å²) in [5, 5.41) is 16.0. The zero-order valence-electron chi connectivity index (χ0n) is 14.3. The van der Waals surface area contributed by atoms with Gasteiger partial charge in [0.25, 0.3) is 0 Å². The number of nitriles is 1. The maximum absolute atomic E-state index is 12.4. The summed E-state index contributed by atoms with van der Waals surface area (Å²) in [4.78, 5) is 19.6. The Morgan fingerprint density at radius 2 is 2.27 bits per heavy atom. The standard InChI is InChI=1S/C19H20N6O/c20-8-14-3-1-2-4-15(14)12-25-17-7-18(22-10-13-5-6-21-9-13)23-11-16(17)24-19(25)26/h1-4,7,11,13,21H,5-6,9-10,12H2,(H,22,23)(H,24,26)/t13-/m1/s1. The molecule has 1 aliphatic heterocycles. The van der Waals surface area contributed by atoms with Crippen molar-refractivity contribution in [3.05, 3.63) is 58.1 Å². The molecule has 3 heterocycles. The van der Waals surface area contributed by atoms with Crippen LogP contribution in [0.2, 0.25) is 0 Å². The number of imidazole rings is 1. The molecule has 0 amide bonds. The number of aromatic amines is 1. The van der Waals surface area contributed by atoms with E-state index in [1.54, 1.807) is 16.8 Å². The summed E-state index contributed by atoms with van der Waals surface area (Å²) in [5.41, 5.74) is 2.67. The zero-order chi connectivity index (χ0) is 17.9. The highest BCUT2D eigenvalue weighted by Gasteiger charge is 2.15. The molecule has 1 fully saturated rings. The molecule has 3 aromatic rings. The van der Waals surface area contributed by atoms with Crippen LogP contribution in [0.15, 0.2) is 41.3 Å². The van der Waals surface area contributed by atoms with Crippen molar-refractivity contribution in [2.24, 2.45) is 5.92 Å². The number of rotatable bonds is 5. The third-order valence-electron chi connectivity index (χ3n) is 4.86. The SMILES string of the molecule is N#Cc1ccccc1Cn1c(=O)[nH]c2cnc(NC[C@@H]3CCNC3)cc21. The van der Waals surface area contributed by atoms with E-state index in [1.165, 1.54) is 0 Å². The number of nitrogens with zero attached hydrogens (tertiary/aromatic N) is 3. The third kappa shape index (κ3) is 3.19. The molecular formula is C19H20N6O.